The first-order valence-corrected chi connectivity index (χ1v) is 7.26. The molecule has 0 spiro atoms. The third-order valence-corrected chi connectivity index (χ3v) is 4.79. The Morgan fingerprint density at radius 3 is 2.76 bits per heavy atom. The molecule has 0 saturated heterocycles. The van der Waals surface area contributed by atoms with Gasteiger partial charge in [0, 0.05) is 12.1 Å². The van der Waals surface area contributed by atoms with Gasteiger partial charge >= 0.3 is 5.97 Å². The van der Waals surface area contributed by atoms with Crippen LogP contribution in [-0.2, 0) is 0 Å². The first-order valence-electron chi connectivity index (χ1n) is 5.63. The number of thiazole rings is 1. The summed E-state index contributed by atoms with van der Waals surface area (Å²) in [4.78, 5) is 26.1. The monoisotopic (exact) mass is 326 g/mol. The van der Waals surface area contributed by atoms with Crippen LogP contribution >= 0.6 is 23.1 Å². The predicted octanol–water partition coefficient (Wildman–Crippen LogP) is 3.22. The standard InChI is InChI=1S/C12H10N2O5S2/c1-6-10(11(15)16)21-12(13-6)20-9-5-7(19-2)3-4-8(9)14(17)18/h3-5H,1-2H3,(H,15,16). The number of methoxy groups -OCH3 is 1. The van der Waals surface area contributed by atoms with Gasteiger partial charge in [-0.05, 0) is 13.0 Å². The van der Waals surface area contributed by atoms with E-state index in [4.69, 9.17) is 9.84 Å². The van der Waals surface area contributed by atoms with Crippen molar-refractivity contribution in [1.29, 1.82) is 0 Å². The van der Waals surface area contributed by atoms with Gasteiger partial charge in [0.25, 0.3) is 5.69 Å². The topological polar surface area (TPSA) is 103 Å². The quantitative estimate of drug-likeness (QED) is 0.664. The Kier molecular flexibility index (Phi) is 4.43. The largest absolute Gasteiger partial charge is 0.497 e. The van der Waals surface area contributed by atoms with Gasteiger partial charge < -0.3 is 9.84 Å². The molecule has 0 bridgehead atoms. The molecular weight excluding hydrogens is 316 g/mol. The summed E-state index contributed by atoms with van der Waals surface area (Å²) in [7, 11) is 1.46. The number of carboxylic acid groups (broad SMARTS) is 1. The average Bonchev–Trinajstić information content (AvgIpc) is 2.79. The van der Waals surface area contributed by atoms with Crippen LogP contribution in [0, 0.1) is 17.0 Å². The number of carbonyl (C=O) groups is 1. The van der Waals surface area contributed by atoms with E-state index in [1.807, 2.05) is 0 Å². The molecule has 0 aliphatic carbocycles. The van der Waals surface area contributed by atoms with Gasteiger partial charge in [-0.15, -0.1) is 11.3 Å². The van der Waals surface area contributed by atoms with Crippen LogP contribution in [-0.4, -0.2) is 28.1 Å². The van der Waals surface area contributed by atoms with E-state index in [9.17, 15) is 14.9 Å². The van der Waals surface area contributed by atoms with Crippen molar-refractivity contribution in [2.75, 3.05) is 7.11 Å². The molecule has 0 amide bonds. The van der Waals surface area contributed by atoms with Gasteiger partial charge in [-0.1, -0.05) is 11.8 Å². The average molecular weight is 326 g/mol. The molecule has 110 valence electrons. The number of benzene rings is 1. The maximum atomic E-state index is 11.0. The van der Waals surface area contributed by atoms with E-state index in [2.05, 4.69) is 4.98 Å². The number of hydrogen-bond donors (Lipinski definition) is 1. The first kappa shape index (κ1) is 15.3. The maximum absolute atomic E-state index is 11.0. The lowest BCUT2D eigenvalue weighted by Crippen LogP contribution is -1.94. The fourth-order valence-electron chi connectivity index (χ4n) is 1.56. The van der Waals surface area contributed by atoms with Gasteiger partial charge in [0.1, 0.15) is 10.6 Å². The molecule has 0 aliphatic heterocycles. The van der Waals surface area contributed by atoms with Crippen LogP contribution in [0.4, 0.5) is 5.69 Å². The fraction of sp³-hybridized carbons (Fsp3) is 0.167. The summed E-state index contributed by atoms with van der Waals surface area (Å²) in [6.07, 6.45) is 0. The second-order valence-corrected chi connectivity index (χ2v) is 6.18. The molecule has 1 aromatic heterocycles. The molecule has 21 heavy (non-hydrogen) atoms. The van der Waals surface area contributed by atoms with Crippen LogP contribution in [0.3, 0.4) is 0 Å². The number of nitro groups is 1. The van der Waals surface area contributed by atoms with Crippen LogP contribution in [0.15, 0.2) is 27.4 Å². The van der Waals surface area contributed by atoms with Crippen molar-refractivity contribution in [1.82, 2.24) is 4.98 Å². The Morgan fingerprint density at radius 2 is 2.24 bits per heavy atom. The molecule has 9 heteroatoms. The Bertz CT molecular complexity index is 714. The SMILES string of the molecule is COc1ccc([N+](=O)[O-])c(Sc2nc(C)c(C(=O)O)s2)c1. The fourth-order valence-corrected chi connectivity index (χ4v) is 3.68. The zero-order valence-corrected chi connectivity index (χ0v) is 12.7. The van der Waals surface area contributed by atoms with E-state index in [1.54, 1.807) is 6.92 Å². The lowest BCUT2D eigenvalue weighted by molar-refractivity contribution is -0.387. The highest BCUT2D eigenvalue weighted by atomic mass is 32.2. The smallest absolute Gasteiger partial charge is 0.347 e. The first-order chi connectivity index (χ1) is 9.92. The van der Waals surface area contributed by atoms with Gasteiger partial charge in [-0.2, -0.15) is 0 Å². The zero-order valence-electron chi connectivity index (χ0n) is 11.0. The number of aromatic nitrogens is 1. The third kappa shape index (κ3) is 3.31. The maximum Gasteiger partial charge on any atom is 0.347 e. The Balaban J connectivity index is 2.40. The predicted molar refractivity (Wildman–Crippen MR) is 77.6 cm³/mol. The lowest BCUT2D eigenvalue weighted by atomic mass is 10.3. The van der Waals surface area contributed by atoms with Gasteiger partial charge in [0.2, 0.25) is 0 Å². The van der Waals surface area contributed by atoms with Gasteiger partial charge in [-0.3, -0.25) is 10.1 Å². The number of nitro benzene ring substituents is 1. The van der Waals surface area contributed by atoms with E-state index >= 15 is 0 Å². The van der Waals surface area contributed by atoms with Crippen molar-refractivity contribution in [2.45, 2.75) is 16.2 Å². The second kappa shape index (κ2) is 6.10. The molecule has 1 aromatic carbocycles. The summed E-state index contributed by atoms with van der Waals surface area (Å²) >= 11 is 2.03. The van der Waals surface area contributed by atoms with Crippen molar-refractivity contribution < 1.29 is 19.6 Å². The van der Waals surface area contributed by atoms with E-state index in [0.717, 1.165) is 23.1 Å². The summed E-state index contributed by atoms with van der Waals surface area (Å²) in [6, 6.07) is 4.37. The van der Waals surface area contributed by atoms with Gasteiger partial charge in [0.15, 0.2) is 4.34 Å². The van der Waals surface area contributed by atoms with Gasteiger partial charge in [-0.25, -0.2) is 9.78 Å². The minimum absolute atomic E-state index is 0.0782. The summed E-state index contributed by atoms with van der Waals surface area (Å²) < 4.78 is 5.48. The molecule has 0 atom stereocenters. The number of ether oxygens (including phenoxy) is 1. The number of carboxylic acids is 1. The number of aryl methyl sites for hydroxylation is 1. The number of hydrogen-bond acceptors (Lipinski definition) is 7. The van der Waals surface area contributed by atoms with Crippen molar-refractivity contribution >= 4 is 34.8 Å². The van der Waals surface area contributed by atoms with E-state index < -0.39 is 10.9 Å². The minimum Gasteiger partial charge on any atom is -0.497 e. The molecule has 0 fully saturated rings. The zero-order chi connectivity index (χ0) is 15.6. The van der Waals surface area contributed by atoms with E-state index in [0.29, 0.717) is 20.7 Å². The lowest BCUT2D eigenvalue weighted by Gasteiger charge is -2.03. The van der Waals surface area contributed by atoms with Crippen LogP contribution in [0.1, 0.15) is 15.4 Å². The van der Waals surface area contributed by atoms with Crippen molar-refractivity contribution in [3.8, 4) is 5.75 Å². The Morgan fingerprint density at radius 1 is 1.52 bits per heavy atom. The molecule has 0 unspecified atom stereocenters. The summed E-state index contributed by atoms with van der Waals surface area (Å²) in [6.45, 7) is 1.59. The summed E-state index contributed by atoms with van der Waals surface area (Å²) in [5, 5.41) is 20.0. The molecule has 7 nitrogen and oxygen atoms in total. The second-order valence-electron chi connectivity index (χ2n) is 3.89. The Labute approximate surface area is 127 Å². The molecule has 1 heterocycles. The van der Waals surface area contributed by atoms with E-state index in [-0.39, 0.29) is 10.6 Å². The van der Waals surface area contributed by atoms with E-state index in [1.165, 1.54) is 25.3 Å². The highest BCUT2D eigenvalue weighted by Crippen LogP contribution is 2.39. The van der Waals surface area contributed by atoms with Crippen molar-refractivity contribution in [2.24, 2.45) is 0 Å². The highest BCUT2D eigenvalue weighted by Gasteiger charge is 2.20. The normalized spacial score (nSPS) is 10.4. The van der Waals surface area contributed by atoms with Crippen LogP contribution in [0.2, 0.25) is 0 Å². The van der Waals surface area contributed by atoms with Crippen LogP contribution < -0.4 is 4.74 Å². The molecule has 1 N–H and O–H groups in total. The third-order valence-electron chi connectivity index (χ3n) is 2.53. The van der Waals surface area contributed by atoms with Crippen molar-refractivity contribution in [3.05, 3.63) is 38.9 Å². The number of nitrogens with zero attached hydrogens (tertiary/aromatic N) is 2. The summed E-state index contributed by atoms with van der Waals surface area (Å²) in [5.41, 5.74) is 0.311. The Hall–Kier alpha value is -2.13. The number of rotatable bonds is 5. The molecule has 2 rings (SSSR count). The minimum atomic E-state index is -1.06. The van der Waals surface area contributed by atoms with Gasteiger partial charge in [0.05, 0.1) is 22.6 Å². The molecular formula is C12H10N2O5S2. The molecule has 0 aliphatic rings. The molecule has 2 aromatic rings. The van der Waals surface area contributed by atoms with Crippen molar-refractivity contribution in [3.63, 3.8) is 0 Å². The molecule has 0 saturated carbocycles. The summed E-state index contributed by atoms with van der Waals surface area (Å²) in [5.74, 6) is -0.577. The van der Waals surface area contributed by atoms with Crippen LogP contribution in [0.25, 0.3) is 0 Å². The molecule has 0 radical (unpaired) electrons. The highest BCUT2D eigenvalue weighted by molar-refractivity contribution is 8.01. The van der Waals surface area contributed by atoms with Crippen LogP contribution in [0.5, 0.6) is 5.75 Å². The number of aromatic carboxylic acids is 1.